The molecule has 3 rings (SSSR count). The first-order valence-electron chi connectivity index (χ1n) is 6.03. The van der Waals surface area contributed by atoms with Gasteiger partial charge >= 0.3 is 0 Å². The quantitative estimate of drug-likeness (QED) is 0.842. The molecule has 0 unspecified atom stereocenters. The second-order valence-electron chi connectivity index (χ2n) is 4.31. The molecule has 2 N–H and O–H groups in total. The molecule has 0 radical (unpaired) electrons. The minimum atomic E-state index is -0.457. The molecule has 0 amide bonds. The summed E-state index contributed by atoms with van der Waals surface area (Å²) in [7, 11) is 0. The van der Waals surface area contributed by atoms with E-state index >= 15 is 0 Å². The van der Waals surface area contributed by atoms with Gasteiger partial charge in [0.05, 0.1) is 18.9 Å². The molecule has 0 saturated heterocycles. The van der Waals surface area contributed by atoms with Gasteiger partial charge in [-0.25, -0.2) is 9.40 Å². The van der Waals surface area contributed by atoms with E-state index in [1.54, 1.807) is 24.3 Å². The molecule has 0 fully saturated rings. The summed E-state index contributed by atoms with van der Waals surface area (Å²) in [4.78, 5) is 0. The van der Waals surface area contributed by atoms with Crippen LogP contribution in [-0.2, 0) is 4.74 Å². The van der Waals surface area contributed by atoms with E-state index in [1.165, 1.54) is 11.1 Å². The normalized spacial score (nSPS) is 18.1. The number of rotatable bonds is 1. The topological polar surface area (TPSA) is 74.6 Å². The van der Waals surface area contributed by atoms with Crippen molar-refractivity contribution in [1.82, 2.24) is 0 Å². The molecule has 6 heteroatoms. The van der Waals surface area contributed by atoms with Gasteiger partial charge in [0.2, 0.25) is 0 Å². The van der Waals surface area contributed by atoms with Gasteiger partial charge in [-0.05, 0) is 18.2 Å². The second kappa shape index (κ2) is 4.79. The Bertz CT molecular complexity index is 699. The van der Waals surface area contributed by atoms with Crippen molar-refractivity contribution in [2.75, 3.05) is 18.2 Å². The smallest absolute Gasteiger partial charge is 0.148 e. The molecule has 2 aliphatic rings. The third-order valence-electron chi connectivity index (χ3n) is 3.12. The summed E-state index contributed by atoms with van der Waals surface area (Å²) in [6.45, 7) is 0.682. The van der Waals surface area contributed by atoms with E-state index in [0.717, 1.165) is 0 Å². The number of anilines is 1. The number of para-hydroxylation sites is 1. The van der Waals surface area contributed by atoms with Crippen LogP contribution >= 0.6 is 0 Å². The van der Waals surface area contributed by atoms with Crippen molar-refractivity contribution in [1.29, 1.82) is 5.26 Å². The van der Waals surface area contributed by atoms with E-state index in [0.29, 0.717) is 23.5 Å². The highest BCUT2D eigenvalue weighted by atomic mass is 19.1. The molecule has 2 aliphatic heterocycles. The maximum Gasteiger partial charge on any atom is 0.148 e. The van der Waals surface area contributed by atoms with Gasteiger partial charge < -0.3 is 10.5 Å². The number of ether oxygens (including phenoxy) is 1. The Labute approximate surface area is 115 Å². The van der Waals surface area contributed by atoms with E-state index in [4.69, 9.17) is 10.5 Å². The Hall–Kier alpha value is -2.65. The van der Waals surface area contributed by atoms with Gasteiger partial charge in [-0.15, -0.1) is 0 Å². The van der Waals surface area contributed by atoms with Gasteiger partial charge in [0.15, 0.2) is 0 Å². The summed E-state index contributed by atoms with van der Waals surface area (Å²) < 4.78 is 19.2. The fraction of sp³-hybridized carbons (Fsp3) is 0.143. The zero-order valence-corrected chi connectivity index (χ0v) is 10.5. The molecular formula is C14H11FN4O. The number of nitrogens with zero attached hydrogens (tertiary/aromatic N) is 3. The summed E-state index contributed by atoms with van der Waals surface area (Å²) in [5, 5.41) is 14.8. The van der Waals surface area contributed by atoms with Crippen LogP contribution < -0.4 is 10.7 Å². The van der Waals surface area contributed by atoms with Gasteiger partial charge in [-0.3, -0.25) is 0 Å². The minimum Gasteiger partial charge on any atom is -0.383 e. The monoisotopic (exact) mass is 270 g/mol. The van der Waals surface area contributed by atoms with Crippen LogP contribution in [0.3, 0.4) is 0 Å². The Morgan fingerprint density at radius 3 is 2.95 bits per heavy atom. The van der Waals surface area contributed by atoms with Crippen LogP contribution in [0.4, 0.5) is 10.1 Å². The van der Waals surface area contributed by atoms with Gasteiger partial charge in [0, 0.05) is 5.57 Å². The predicted molar refractivity (Wildman–Crippen MR) is 72.0 cm³/mol. The maximum atomic E-state index is 13.9. The van der Waals surface area contributed by atoms with Gasteiger partial charge in [-0.2, -0.15) is 10.4 Å². The van der Waals surface area contributed by atoms with Gasteiger partial charge in [0.25, 0.3) is 0 Å². The highest BCUT2D eigenvalue weighted by Crippen LogP contribution is 2.30. The number of nitrogens with two attached hydrogens (primary N) is 1. The lowest BCUT2D eigenvalue weighted by Crippen LogP contribution is -2.34. The van der Waals surface area contributed by atoms with Crippen LogP contribution in [0.1, 0.15) is 0 Å². The molecule has 0 atom stereocenters. The first kappa shape index (κ1) is 12.4. The molecule has 1 aromatic carbocycles. The van der Waals surface area contributed by atoms with E-state index < -0.39 is 5.82 Å². The number of nitriles is 1. The molecule has 2 heterocycles. The standard InChI is InChI=1S/C14H11FN4O/c15-11-3-1-2-4-13(11)19-14(17)10(7-16)9-5-6-20-8-12(9)18-19/h1-5H,6,8,17H2. The average molecular weight is 270 g/mol. The number of halogens is 1. The third-order valence-corrected chi connectivity index (χ3v) is 3.12. The Morgan fingerprint density at radius 1 is 1.40 bits per heavy atom. The number of benzene rings is 1. The average Bonchev–Trinajstić information content (AvgIpc) is 2.47. The summed E-state index contributed by atoms with van der Waals surface area (Å²) in [5.41, 5.74) is 7.71. The zero-order chi connectivity index (χ0) is 14.1. The van der Waals surface area contributed by atoms with E-state index in [1.807, 2.05) is 0 Å². The minimum absolute atomic E-state index is 0.120. The van der Waals surface area contributed by atoms with Crippen molar-refractivity contribution in [3.63, 3.8) is 0 Å². The highest BCUT2D eigenvalue weighted by Gasteiger charge is 2.28. The van der Waals surface area contributed by atoms with Crippen molar-refractivity contribution < 1.29 is 9.13 Å². The number of allylic oxidation sites excluding steroid dienone is 1. The predicted octanol–water partition coefficient (Wildman–Crippen LogP) is 1.65. The van der Waals surface area contributed by atoms with Crippen LogP contribution in [0.2, 0.25) is 0 Å². The van der Waals surface area contributed by atoms with E-state index in [2.05, 4.69) is 11.2 Å². The lowest BCUT2D eigenvalue weighted by Gasteiger charge is -2.29. The number of fused-ring (bicyclic) bond motifs is 1. The van der Waals surface area contributed by atoms with Crippen LogP contribution in [-0.4, -0.2) is 18.9 Å². The lowest BCUT2D eigenvalue weighted by atomic mass is 9.99. The third kappa shape index (κ3) is 1.85. The van der Waals surface area contributed by atoms with Gasteiger partial charge in [0.1, 0.15) is 29.0 Å². The van der Waals surface area contributed by atoms with Crippen molar-refractivity contribution in [3.8, 4) is 6.07 Å². The van der Waals surface area contributed by atoms with Crippen LogP contribution in [0.15, 0.2) is 52.4 Å². The number of hydrazone groups is 1. The van der Waals surface area contributed by atoms with Crippen LogP contribution in [0.25, 0.3) is 0 Å². The molecular weight excluding hydrogens is 259 g/mol. The first-order valence-corrected chi connectivity index (χ1v) is 6.03. The second-order valence-corrected chi connectivity index (χ2v) is 4.31. The molecule has 100 valence electrons. The van der Waals surface area contributed by atoms with E-state index in [9.17, 15) is 9.65 Å². The fourth-order valence-corrected chi connectivity index (χ4v) is 2.17. The molecule has 1 aromatic rings. The van der Waals surface area contributed by atoms with Crippen molar-refractivity contribution in [2.45, 2.75) is 0 Å². The molecule has 0 aromatic heterocycles. The molecule has 0 spiro atoms. The Balaban J connectivity index is 2.16. The summed E-state index contributed by atoms with van der Waals surface area (Å²) in [6.07, 6.45) is 1.76. The van der Waals surface area contributed by atoms with Gasteiger partial charge in [-0.1, -0.05) is 12.1 Å². The zero-order valence-electron chi connectivity index (χ0n) is 10.5. The largest absolute Gasteiger partial charge is 0.383 e. The lowest BCUT2D eigenvalue weighted by molar-refractivity contribution is 0.199. The summed E-state index contributed by atoms with van der Waals surface area (Å²) in [5.74, 6) is -0.337. The fourth-order valence-electron chi connectivity index (χ4n) is 2.17. The molecule has 0 bridgehead atoms. The molecule has 5 nitrogen and oxygen atoms in total. The highest BCUT2D eigenvalue weighted by molar-refractivity contribution is 6.08. The Kier molecular flexibility index (Phi) is 2.97. The van der Waals surface area contributed by atoms with E-state index in [-0.39, 0.29) is 18.1 Å². The van der Waals surface area contributed by atoms with Crippen molar-refractivity contribution >= 4 is 11.4 Å². The Morgan fingerprint density at radius 2 is 2.20 bits per heavy atom. The first-order chi connectivity index (χ1) is 9.72. The SMILES string of the molecule is N#CC1=C(N)N(c2ccccc2F)N=C2COCC=C21. The molecule has 0 aliphatic carbocycles. The number of hydrogen-bond acceptors (Lipinski definition) is 5. The van der Waals surface area contributed by atoms with Crippen molar-refractivity contribution in [3.05, 3.63) is 53.1 Å². The van der Waals surface area contributed by atoms with Crippen molar-refractivity contribution in [2.24, 2.45) is 10.8 Å². The summed E-state index contributed by atoms with van der Waals surface area (Å²) in [6, 6.07) is 8.19. The van der Waals surface area contributed by atoms with Crippen LogP contribution in [0.5, 0.6) is 0 Å². The summed E-state index contributed by atoms with van der Waals surface area (Å²) >= 11 is 0. The maximum absolute atomic E-state index is 13.9. The number of hydrogen-bond donors (Lipinski definition) is 1. The molecule has 0 saturated carbocycles. The molecule has 20 heavy (non-hydrogen) atoms. The van der Waals surface area contributed by atoms with Crippen LogP contribution in [0, 0.1) is 17.1 Å².